The van der Waals surface area contributed by atoms with Crippen molar-refractivity contribution < 1.29 is 14.3 Å². The molecular weight excluding hydrogens is 268 g/mol. The third-order valence-electron chi connectivity index (χ3n) is 2.23. The molecule has 0 spiro atoms. The molecule has 19 heavy (non-hydrogen) atoms. The van der Waals surface area contributed by atoms with Crippen LogP contribution in [-0.4, -0.2) is 32.4 Å². The fourth-order valence-electron chi connectivity index (χ4n) is 1.41. The van der Waals surface area contributed by atoms with Crippen molar-refractivity contribution in [2.24, 2.45) is 0 Å². The topological polar surface area (TPSA) is 59.6 Å². The third kappa shape index (κ3) is 5.81. The molecule has 0 radical (unpaired) electrons. The Morgan fingerprint density at radius 2 is 2.11 bits per heavy atom. The minimum absolute atomic E-state index is 0.292. The van der Waals surface area contributed by atoms with Crippen molar-refractivity contribution in [1.82, 2.24) is 5.32 Å². The molecule has 0 saturated carbocycles. The molecule has 0 atom stereocenters. The first-order valence-electron chi connectivity index (χ1n) is 6.22. The third-order valence-corrected chi connectivity index (χ3v) is 2.52. The van der Waals surface area contributed by atoms with E-state index in [0.29, 0.717) is 42.8 Å². The van der Waals surface area contributed by atoms with Crippen molar-refractivity contribution in [2.45, 2.75) is 13.8 Å². The van der Waals surface area contributed by atoms with Gasteiger partial charge in [-0.3, -0.25) is 0 Å². The molecule has 0 aliphatic heterocycles. The molecule has 1 aromatic rings. The van der Waals surface area contributed by atoms with E-state index in [1.165, 1.54) is 0 Å². The summed E-state index contributed by atoms with van der Waals surface area (Å²) >= 11 is 6.02. The molecule has 0 bridgehead atoms. The van der Waals surface area contributed by atoms with Crippen LogP contribution in [0.1, 0.15) is 13.8 Å². The largest absolute Gasteiger partial charge is 0.492 e. The number of hydrogen-bond acceptors (Lipinski definition) is 3. The molecule has 5 nitrogen and oxygen atoms in total. The van der Waals surface area contributed by atoms with Crippen LogP contribution in [0.15, 0.2) is 18.2 Å². The Morgan fingerprint density at radius 3 is 2.74 bits per heavy atom. The summed E-state index contributed by atoms with van der Waals surface area (Å²) in [5.41, 5.74) is 0.613. The minimum Gasteiger partial charge on any atom is -0.492 e. The van der Waals surface area contributed by atoms with E-state index < -0.39 is 0 Å². The molecule has 0 unspecified atom stereocenters. The smallest absolute Gasteiger partial charge is 0.319 e. The number of carbonyl (C=O) groups is 1. The number of urea groups is 1. The Hall–Kier alpha value is -1.46. The molecule has 0 saturated heterocycles. The predicted molar refractivity (Wildman–Crippen MR) is 76.1 cm³/mol. The number of rotatable bonds is 7. The van der Waals surface area contributed by atoms with Gasteiger partial charge in [-0.05, 0) is 32.0 Å². The number of anilines is 1. The molecular formula is C13H19ClN2O3. The van der Waals surface area contributed by atoms with Gasteiger partial charge in [0.1, 0.15) is 5.75 Å². The second-order valence-corrected chi connectivity index (χ2v) is 4.06. The lowest BCUT2D eigenvalue weighted by Gasteiger charge is -2.10. The van der Waals surface area contributed by atoms with Gasteiger partial charge in [0.05, 0.1) is 18.2 Å². The highest BCUT2D eigenvalue weighted by atomic mass is 35.5. The number of halogens is 1. The fraction of sp³-hybridized carbons (Fsp3) is 0.462. The van der Waals surface area contributed by atoms with E-state index >= 15 is 0 Å². The highest BCUT2D eigenvalue weighted by Crippen LogP contribution is 2.27. The lowest BCUT2D eigenvalue weighted by molar-refractivity contribution is 0.150. The summed E-state index contributed by atoms with van der Waals surface area (Å²) in [6.45, 7) is 5.93. The highest BCUT2D eigenvalue weighted by molar-refractivity contribution is 6.32. The maximum Gasteiger partial charge on any atom is 0.319 e. The fourth-order valence-corrected chi connectivity index (χ4v) is 1.64. The van der Waals surface area contributed by atoms with Crippen LogP contribution in [-0.2, 0) is 4.74 Å². The Balaban J connectivity index is 2.44. The number of benzene rings is 1. The summed E-state index contributed by atoms with van der Waals surface area (Å²) in [6.07, 6.45) is 0. The van der Waals surface area contributed by atoms with Crippen LogP contribution in [0.3, 0.4) is 0 Å². The molecule has 1 aromatic carbocycles. The van der Waals surface area contributed by atoms with Gasteiger partial charge in [0, 0.05) is 18.8 Å². The molecule has 106 valence electrons. The van der Waals surface area contributed by atoms with Crippen molar-refractivity contribution in [2.75, 3.05) is 31.7 Å². The molecule has 0 aliphatic rings. The number of carbonyl (C=O) groups excluding carboxylic acids is 1. The van der Waals surface area contributed by atoms with Crippen molar-refractivity contribution in [3.63, 3.8) is 0 Å². The Bertz CT molecular complexity index is 413. The average molecular weight is 287 g/mol. The van der Waals surface area contributed by atoms with Gasteiger partial charge in [0.2, 0.25) is 0 Å². The second-order valence-electron chi connectivity index (χ2n) is 3.66. The molecule has 2 amide bonds. The van der Waals surface area contributed by atoms with E-state index in [2.05, 4.69) is 10.6 Å². The summed E-state index contributed by atoms with van der Waals surface area (Å²) in [4.78, 5) is 11.5. The van der Waals surface area contributed by atoms with E-state index in [1.54, 1.807) is 18.2 Å². The van der Waals surface area contributed by atoms with E-state index in [0.717, 1.165) is 0 Å². The summed E-state index contributed by atoms with van der Waals surface area (Å²) in [6, 6.07) is 4.81. The van der Waals surface area contributed by atoms with Gasteiger partial charge < -0.3 is 20.1 Å². The quantitative estimate of drug-likeness (QED) is 0.758. The summed E-state index contributed by atoms with van der Waals surface area (Å²) in [5.74, 6) is 0.603. The van der Waals surface area contributed by atoms with Crippen molar-refractivity contribution >= 4 is 23.3 Å². The van der Waals surface area contributed by atoms with Gasteiger partial charge in [0.15, 0.2) is 0 Å². The van der Waals surface area contributed by atoms with E-state index in [-0.39, 0.29) is 6.03 Å². The number of hydrogen-bond donors (Lipinski definition) is 2. The number of amides is 2. The normalized spacial score (nSPS) is 10.1. The van der Waals surface area contributed by atoms with E-state index in [9.17, 15) is 4.79 Å². The Kier molecular flexibility index (Phi) is 7.07. The number of nitrogens with one attached hydrogen (secondary N) is 2. The minimum atomic E-state index is -0.292. The summed E-state index contributed by atoms with van der Waals surface area (Å²) in [5, 5.41) is 5.83. The zero-order valence-electron chi connectivity index (χ0n) is 11.2. The highest BCUT2D eigenvalue weighted by Gasteiger charge is 2.05. The summed E-state index contributed by atoms with van der Waals surface area (Å²) in [7, 11) is 0. The molecule has 2 N–H and O–H groups in total. The molecule has 0 heterocycles. The van der Waals surface area contributed by atoms with Gasteiger partial charge in [-0.1, -0.05) is 11.6 Å². The Morgan fingerprint density at radius 1 is 1.32 bits per heavy atom. The average Bonchev–Trinajstić information content (AvgIpc) is 2.38. The van der Waals surface area contributed by atoms with E-state index in [4.69, 9.17) is 21.1 Å². The van der Waals surface area contributed by atoms with Crippen molar-refractivity contribution in [3.8, 4) is 5.75 Å². The maximum absolute atomic E-state index is 11.5. The van der Waals surface area contributed by atoms with Crippen LogP contribution in [0.5, 0.6) is 5.75 Å². The van der Waals surface area contributed by atoms with Crippen molar-refractivity contribution in [1.29, 1.82) is 0 Å². The van der Waals surface area contributed by atoms with Crippen LogP contribution >= 0.6 is 11.6 Å². The SMILES string of the molecule is CCOCCNC(=O)Nc1ccc(OCC)c(Cl)c1. The first-order valence-corrected chi connectivity index (χ1v) is 6.60. The van der Waals surface area contributed by atoms with Crippen molar-refractivity contribution in [3.05, 3.63) is 23.2 Å². The molecule has 0 aromatic heterocycles. The first-order chi connectivity index (χ1) is 9.17. The standard InChI is InChI=1S/C13H19ClN2O3/c1-3-18-8-7-15-13(17)16-10-5-6-12(19-4-2)11(14)9-10/h5-6,9H,3-4,7-8H2,1-2H3,(H2,15,16,17). The monoisotopic (exact) mass is 286 g/mol. The predicted octanol–water partition coefficient (Wildman–Crippen LogP) is 2.90. The lowest BCUT2D eigenvalue weighted by Crippen LogP contribution is -2.31. The van der Waals surface area contributed by atoms with Gasteiger partial charge in [0.25, 0.3) is 0 Å². The van der Waals surface area contributed by atoms with E-state index in [1.807, 2.05) is 13.8 Å². The van der Waals surface area contributed by atoms with Crippen LogP contribution in [0.4, 0.5) is 10.5 Å². The van der Waals surface area contributed by atoms with Gasteiger partial charge in [-0.2, -0.15) is 0 Å². The van der Waals surface area contributed by atoms with Crippen LogP contribution in [0.2, 0.25) is 5.02 Å². The molecule has 0 fully saturated rings. The Labute approximate surface area is 118 Å². The van der Waals surface area contributed by atoms with Crippen LogP contribution in [0, 0.1) is 0 Å². The second kappa shape index (κ2) is 8.61. The van der Waals surface area contributed by atoms with Crippen LogP contribution in [0.25, 0.3) is 0 Å². The van der Waals surface area contributed by atoms with Gasteiger partial charge >= 0.3 is 6.03 Å². The first kappa shape index (κ1) is 15.6. The summed E-state index contributed by atoms with van der Waals surface area (Å²) < 4.78 is 10.4. The van der Waals surface area contributed by atoms with Crippen LogP contribution < -0.4 is 15.4 Å². The zero-order chi connectivity index (χ0) is 14.1. The molecule has 0 aliphatic carbocycles. The van der Waals surface area contributed by atoms with Gasteiger partial charge in [-0.25, -0.2) is 4.79 Å². The maximum atomic E-state index is 11.5. The number of ether oxygens (including phenoxy) is 2. The lowest BCUT2D eigenvalue weighted by atomic mass is 10.3. The zero-order valence-corrected chi connectivity index (χ0v) is 11.9. The van der Waals surface area contributed by atoms with Gasteiger partial charge in [-0.15, -0.1) is 0 Å². The molecule has 1 rings (SSSR count). The molecule has 6 heteroatoms.